The van der Waals surface area contributed by atoms with Crippen molar-refractivity contribution in [3.05, 3.63) is 64.4 Å². The van der Waals surface area contributed by atoms with E-state index in [1.165, 1.54) is 22.4 Å². The molecule has 0 N–H and O–H groups in total. The molecular formula is C21H19N5S. The van der Waals surface area contributed by atoms with E-state index in [9.17, 15) is 0 Å². The van der Waals surface area contributed by atoms with Gasteiger partial charge in [-0.05, 0) is 68.0 Å². The van der Waals surface area contributed by atoms with Gasteiger partial charge in [0.25, 0.3) is 0 Å². The molecule has 0 spiro atoms. The summed E-state index contributed by atoms with van der Waals surface area (Å²) in [7, 11) is 0. The first kappa shape index (κ1) is 16.2. The van der Waals surface area contributed by atoms with Gasteiger partial charge in [0.2, 0.25) is 0 Å². The zero-order valence-electron chi connectivity index (χ0n) is 15.7. The van der Waals surface area contributed by atoms with Gasteiger partial charge in [0.15, 0.2) is 17.1 Å². The van der Waals surface area contributed by atoms with E-state index < -0.39 is 0 Å². The average molecular weight is 373 g/mol. The lowest BCUT2D eigenvalue weighted by molar-refractivity contribution is 0.927. The Balaban J connectivity index is 1.82. The Bertz CT molecular complexity index is 1310. The Hall–Kier alpha value is -2.99. The van der Waals surface area contributed by atoms with Crippen LogP contribution < -0.4 is 0 Å². The molecule has 0 bridgehead atoms. The van der Waals surface area contributed by atoms with Crippen LogP contribution >= 0.6 is 11.3 Å². The Labute approximate surface area is 160 Å². The molecule has 4 aromatic heterocycles. The molecule has 5 aromatic rings. The number of fused-ring (bicyclic) bond motifs is 3. The lowest BCUT2D eigenvalue weighted by Gasteiger charge is -2.10. The highest BCUT2D eigenvalue weighted by Crippen LogP contribution is 2.31. The minimum atomic E-state index is 0.746. The van der Waals surface area contributed by atoms with Crippen molar-refractivity contribution in [1.82, 2.24) is 24.1 Å². The van der Waals surface area contributed by atoms with Crippen LogP contribution in [0.1, 0.15) is 22.4 Å². The van der Waals surface area contributed by atoms with Crippen LogP contribution in [0.25, 0.3) is 33.1 Å². The lowest BCUT2D eigenvalue weighted by Crippen LogP contribution is -2.00. The second-order valence-electron chi connectivity index (χ2n) is 6.94. The molecule has 0 atom stereocenters. The molecule has 0 aliphatic heterocycles. The predicted molar refractivity (Wildman–Crippen MR) is 110 cm³/mol. The van der Waals surface area contributed by atoms with Gasteiger partial charge >= 0.3 is 0 Å². The zero-order valence-corrected chi connectivity index (χ0v) is 16.5. The largest absolute Gasteiger partial charge is 0.298 e. The highest BCUT2D eigenvalue weighted by Gasteiger charge is 2.19. The number of nitrogens with zero attached hydrogens (tertiary/aromatic N) is 5. The van der Waals surface area contributed by atoms with Gasteiger partial charge in [-0.1, -0.05) is 12.1 Å². The molecule has 0 saturated carbocycles. The van der Waals surface area contributed by atoms with Gasteiger partial charge in [-0.2, -0.15) is 0 Å². The van der Waals surface area contributed by atoms with Crippen LogP contribution in [-0.2, 0) is 0 Å². The number of hydrogen-bond acceptors (Lipinski definition) is 4. The van der Waals surface area contributed by atoms with Gasteiger partial charge in [-0.15, -0.1) is 16.4 Å². The Morgan fingerprint density at radius 2 is 1.81 bits per heavy atom. The summed E-state index contributed by atoms with van der Waals surface area (Å²) >= 11 is 1.65. The third-order valence-electron chi connectivity index (χ3n) is 5.32. The maximum absolute atomic E-state index is 4.83. The summed E-state index contributed by atoms with van der Waals surface area (Å²) in [5, 5.41) is 7.73. The highest BCUT2D eigenvalue weighted by molar-refractivity contribution is 7.13. The van der Waals surface area contributed by atoms with E-state index in [-0.39, 0.29) is 0 Å². The molecule has 4 heterocycles. The van der Waals surface area contributed by atoms with Crippen molar-refractivity contribution in [2.24, 2.45) is 0 Å². The first-order valence-corrected chi connectivity index (χ1v) is 9.77. The number of benzene rings is 1. The SMILES string of the molecule is Cc1ccc(-n2c(C)c(C)c3c2ncn2nc(-c4cccs4)nc32)cc1C. The maximum Gasteiger partial charge on any atom is 0.192 e. The summed E-state index contributed by atoms with van der Waals surface area (Å²) in [5.74, 6) is 0.746. The molecule has 0 amide bonds. The van der Waals surface area contributed by atoms with Crippen LogP contribution in [0, 0.1) is 27.7 Å². The lowest BCUT2D eigenvalue weighted by atomic mass is 10.1. The van der Waals surface area contributed by atoms with Crippen LogP contribution in [0.3, 0.4) is 0 Å². The van der Waals surface area contributed by atoms with Gasteiger partial charge in [0.05, 0.1) is 10.3 Å². The third-order valence-corrected chi connectivity index (χ3v) is 6.19. The standard InChI is InChI=1S/C21H19N5S/c1-12-7-8-16(10-13(12)2)26-15(4)14(3)18-20(26)22-11-25-21(18)23-19(24-25)17-6-5-9-27-17/h5-11H,1-4H3. The van der Waals surface area contributed by atoms with E-state index in [0.717, 1.165) is 33.1 Å². The van der Waals surface area contributed by atoms with Crippen molar-refractivity contribution in [3.63, 3.8) is 0 Å². The molecule has 0 aliphatic rings. The molecule has 27 heavy (non-hydrogen) atoms. The molecule has 5 rings (SSSR count). The van der Waals surface area contributed by atoms with Crippen molar-refractivity contribution >= 4 is 28.0 Å². The van der Waals surface area contributed by atoms with Crippen LogP contribution in [0.4, 0.5) is 0 Å². The Morgan fingerprint density at radius 1 is 0.963 bits per heavy atom. The molecule has 0 unspecified atom stereocenters. The van der Waals surface area contributed by atoms with E-state index in [0.29, 0.717) is 0 Å². The van der Waals surface area contributed by atoms with Crippen molar-refractivity contribution in [2.75, 3.05) is 0 Å². The summed E-state index contributed by atoms with van der Waals surface area (Å²) in [6.45, 7) is 8.55. The summed E-state index contributed by atoms with van der Waals surface area (Å²) in [6.07, 6.45) is 1.76. The fourth-order valence-electron chi connectivity index (χ4n) is 3.55. The number of aryl methyl sites for hydroxylation is 3. The number of hydrogen-bond donors (Lipinski definition) is 0. The molecule has 0 saturated heterocycles. The normalized spacial score (nSPS) is 11.7. The third kappa shape index (κ3) is 2.33. The molecule has 134 valence electrons. The molecule has 5 nitrogen and oxygen atoms in total. The molecule has 6 heteroatoms. The fourth-order valence-corrected chi connectivity index (χ4v) is 4.20. The van der Waals surface area contributed by atoms with Gasteiger partial charge in [-0.25, -0.2) is 14.5 Å². The van der Waals surface area contributed by atoms with Crippen molar-refractivity contribution in [1.29, 1.82) is 0 Å². The number of aromatic nitrogens is 5. The highest BCUT2D eigenvalue weighted by atomic mass is 32.1. The Kier molecular flexibility index (Phi) is 3.45. The number of rotatable bonds is 2. The average Bonchev–Trinajstić information content (AvgIpc) is 3.36. The smallest absolute Gasteiger partial charge is 0.192 e. The van der Waals surface area contributed by atoms with Crippen molar-refractivity contribution in [2.45, 2.75) is 27.7 Å². The minimum absolute atomic E-state index is 0.746. The van der Waals surface area contributed by atoms with E-state index in [2.05, 4.69) is 55.6 Å². The molecule has 0 radical (unpaired) electrons. The van der Waals surface area contributed by atoms with E-state index >= 15 is 0 Å². The van der Waals surface area contributed by atoms with Gasteiger partial charge in [0, 0.05) is 11.4 Å². The van der Waals surface area contributed by atoms with Gasteiger partial charge in [0.1, 0.15) is 6.33 Å². The van der Waals surface area contributed by atoms with E-state index in [1.54, 1.807) is 22.2 Å². The minimum Gasteiger partial charge on any atom is -0.298 e. The second kappa shape index (κ2) is 5.76. The molecular weight excluding hydrogens is 354 g/mol. The first-order valence-electron chi connectivity index (χ1n) is 8.89. The van der Waals surface area contributed by atoms with Crippen LogP contribution in [0.5, 0.6) is 0 Å². The summed E-state index contributed by atoms with van der Waals surface area (Å²) in [6, 6.07) is 10.6. The van der Waals surface area contributed by atoms with Crippen LogP contribution in [0.15, 0.2) is 42.0 Å². The quantitative estimate of drug-likeness (QED) is 0.436. The monoisotopic (exact) mass is 373 g/mol. The van der Waals surface area contributed by atoms with E-state index in [1.807, 2.05) is 17.5 Å². The fraction of sp³-hybridized carbons (Fsp3) is 0.190. The molecule has 0 fully saturated rings. The first-order chi connectivity index (χ1) is 13.0. The predicted octanol–water partition coefficient (Wildman–Crippen LogP) is 5.03. The van der Waals surface area contributed by atoms with Crippen molar-refractivity contribution < 1.29 is 0 Å². The van der Waals surface area contributed by atoms with Crippen LogP contribution in [-0.4, -0.2) is 24.1 Å². The van der Waals surface area contributed by atoms with E-state index in [4.69, 9.17) is 9.97 Å². The topological polar surface area (TPSA) is 48.0 Å². The number of thiophene rings is 1. The maximum atomic E-state index is 4.83. The van der Waals surface area contributed by atoms with Gasteiger partial charge < -0.3 is 0 Å². The molecule has 1 aromatic carbocycles. The van der Waals surface area contributed by atoms with Crippen molar-refractivity contribution in [3.8, 4) is 16.4 Å². The summed E-state index contributed by atoms with van der Waals surface area (Å²) in [5.41, 5.74) is 7.83. The van der Waals surface area contributed by atoms with Gasteiger partial charge in [-0.3, -0.25) is 4.57 Å². The molecule has 0 aliphatic carbocycles. The summed E-state index contributed by atoms with van der Waals surface area (Å²) < 4.78 is 4.01. The zero-order chi connectivity index (χ0) is 18.7. The Morgan fingerprint density at radius 3 is 2.56 bits per heavy atom. The van der Waals surface area contributed by atoms with Crippen LogP contribution in [0.2, 0.25) is 0 Å². The second-order valence-corrected chi connectivity index (χ2v) is 7.89. The summed E-state index contributed by atoms with van der Waals surface area (Å²) in [4.78, 5) is 10.6.